The lowest BCUT2D eigenvalue weighted by Crippen LogP contribution is -2.03. The number of hydrogen-bond donors (Lipinski definition) is 0. The van der Waals surface area contributed by atoms with Gasteiger partial charge in [-0.15, -0.1) is 5.10 Å². The second-order valence-electron chi connectivity index (χ2n) is 1.64. The van der Waals surface area contributed by atoms with Crippen LogP contribution in [0.4, 0.5) is 4.39 Å². The fraction of sp³-hybridized carbons (Fsp3) is 0.750. The Bertz CT molecular complexity index is 184. The summed E-state index contributed by atoms with van der Waals surface area (Å²) < 4.78 is 13.0. The summed E-state index contributed by atoms with van der Waals surface area (Å²) in [5.41, 5.74) is 0. The summed E-state index contributed by atoms with van der Waals surface area (Å²) in [4.78, 5) is 0. The minimum absolute atomic E-state index is 0.249. The lowest BCUT2D eigenvalue weighted by molar-refractivity contribution is 0.417. The van der Waals surface area contributed by atoms with Crippen molar-refractivity contribution in [2.75, 3.05) is 6.67 Å². The van der Waals surface area contributed by atoms with E-state index in [0.29, 0.717) is 5.82 Å². The summed E-state index contributed by atoms with van der Waals surface area (Å²) in [7, 11) is 0. The summed E-state index contributed by atoms with van der Waals surface area (Å²) in [6, 6.07) is 0. The molecular weight excluding hydrogens is 123 g/mol. The monoisotopic (exact) mass is 130 g/mol. The number of aromatic nitrogens is 4. The van der Waals surface area contributed by atoms with E-state index in [2.05, 4.69) is 15.5 Å². The molecule has 0 N–H and O–H groups in total. The first-order valence-corrected chi connectivity index (χ1v) is 2.63. The van der Waals surface area contributed by atoms with Crippen LogP contribution in [0, 0.1) is 6.92 Å². The molecule has 0 aromatic carbocycles. The lowest BCUT2D eigenvalue weighted by Gasteiger charge is -1.92. The van der Waals surface area contributed by atoms with E-state index in [0.717, 1.165) is 0 Å². The standard InChI is InChI=1S/C4H7FN4/c1-4-6-7-8-9(4)3-2-5/h2-3H2,1H3. The van der Waals surface area contributed by atoms with Gasteiger partial charge in [0.1, 0.15) is 12.5 Å². The number of hydrogen-bond acceptors (Lipinski definition) is 3. The van der Waals surface area contributed by atoms with Crippen LogP contribution in [0.1, 0.15) is 5.82 Å². The second-order valence-corrected chi connectivity index (χ2v) is 1.64. The first-order valence-electron chi connectivity index (χ1n) is 2.63. The van der Waals surface area contributed by atoms with Crippen molar-refractivity contribution in [3.63, 3.8) is 0 Å². The van der Waals surface area contributed by atoms with Crippen molar-refractivity contribution in [1.29, 1.82) is 0 Å². The van der Waals surface area contributed by atoms with Crippen molar-refractivity contribution in [2.45, 2.75) is 13.5 Å². The van der Waals surface area contributed by atoms with Gasteiger partial charge in [-0.25, -0.2) is 9.07 Å². The molecule has 0 amide bonds. The molecule has 50 valence electrons. The normalized spacial score (nSPS) is 10.0. The Kier molecular flexibility index (Phi) is 1.72. The Labute approximate surface area is 51.7 Å². The fourth-order valence-electron chi connectivity index (χ4n) is 0.536. The van der Waals surface area contributed by atoms with Crippen LogP contribution in [0.25, 0.3) is 0 Å². The third-order valence-corrected chi connectivity index (χ3v) is 1.01. The molecule has 0 fully saturated rings. The van der Waals surface area contributed by atoms with E-state index in [1.54, 1.807) is 6.92 Å². The molecule has 0 aliphatic rings. The van der Waals surface area contributed by atoms with Gasteiger partial charge < -0.3 is 0 Å². The van der Waals surface area contributed by atoms with Crippen LogP contribution in [0.5, 0.6) is 0 Å². The zero-order valence-corrected chi connectivity index (χ0v) is 5.08. The summed E-state index contributed by atoms with van der Waals surface area (Å²) in [5, 5.41) is 10.4. The molecule has 0 saturated heterocycles. The predicted molar refractivity (Wildman–Crippen MR) is 28.5 cm³/mol. The molecular formula is C4H7FN4. The quantitative estimate of drug-likeness (QED) is 0.563. The lowest BCUT2D eigenvalue weighted by atomic mass is 10.6. The molecule has 0 radical (unpaired) electrons. The maximum Gasteiger partial charge on any atom is 0.148 e. The summed E-state index contributed by atoms with van der Waals surface area (Å²) in [6.45, 7) is 1.56. The smallest absolute Gasteiger partial charge is 0.148 e. The van der Waals surface area contributed by atoms with Crippen LogP contribution in [-0.4, -0.2) is 26.9 Å². The molecule has 1 rings (SSSR count). The molecule has 0 spiro atoms. The third-order valence-electron chi connectivity index (χ3n) is 1.01. The molecule has 1 aromatic rings. The van der Waals surface area contributed by atoms with Gasteiger partial charge in [-0.05, 0) is 17.4 Å². The maximum atomic E-state index is 11.6. The van der Waals surface area contributed by atoms with Gasteiger partial charge in [-0.1, -0.05) is 0 Å². The first kappa shape index (κ1) is 6.12. The van der Waals surface area contributed by atoms with E-state index in [9.17, 15) is 4.39 Å². The average Bonchev–Trinajstić information content (AvgIpc) is 2.18. The fourth-order valence-corrected chi connectivity index (χ4v) is 0.536. The minimum Gasteiger partial charge on any atom is -0.249 e. The van der Waals surface area contributed by atoms with Gasteiger partial charge in [0.05, 0.1) is 6.54 Å². The number of rotatable bonds is 2. The Hall–Kier alpha value is -1.00. The average molecular weight is 130 g/mol. The molecule has 4 nitrogen and oxygen atoms in total. The highest BCUT2D eigenvalue weighted by Crippen LogP contribution is 1.86. The number of alkyl halides is 1. The van der Waals surface area contributed by atoms with Gasteiger partial charge in [-0.3, -0.25) is 0 Å². The molecule has 5 heteroatoms. The van der Waals surface area contributed by atoms with E-state index in [4.69, 9.17) is 0 Å². The van der Waals surface area contributed by atoms with Crippen LogP contribution in [-0.2, 0) is 6.54 Å². The molecule has 0 aliphatic heterocycles. The highest BCUT2D eigenvalue weighted by molar-refractivity contribution is 4.71. The van der Waals surface area contributed by atoms with Crippen LogP contribution in [0.2, 0.25) is 0 Å². The molecule has 0 bridgehead atoms. The van der Waals surface area contributed by atoms with Crippen LogP contribution in [0.15, 0.2) is 0 Å². The molecule has 0 atom stereocenters. The van der Waals surface area contributed by atoms with Crippen molar-refractivity contribution in [2.24, 2.45) is 0 Å². The van der Waals surface area contributed by atoms with Gasteiger partial charge >= 0.3 is 0 Å². The molecule has 0 saturated carbocycles. The first-order chi connectivity index (χ1) is 4.34. The van der Waals surface area contributed by atoms with Crippen molar-refractivity contribution >= 4 is 0 Å². The van der Waals surface area contributed by atoms with Crippen LogP contribution < -0.4 is 0 Å². The van der Waals surface area contributed by atoms with Crippen molar-refractivity contribution in [3.8, 4) is 0 Å². The van der Waals surface area contributed by atoms with Crippen molar-refractivity contribution < 1.29 is 4.39 Å². The maximum absolute atomic E-state index is 11.6. The Morgan fingerprint density at radius 1 is 1.67 bits per heavy atom. The van der Waals surface area contributed by atoms with Crippen molar-refractivity contribution in [3.05, 3.63) is 5.82 Å². The van der Waals surface area contributed by atoms with Crippen LogP contribution in [0.3, 0.4) is 0 Å². The van der Waals surface area contributed by atoms with Gasteiger partial charge in [0.15, 0.2) is 0 Å². The number of halogens is 1. The van der Waals surface area contributed by atoms with Gasteiger partial charge in [0.25, 0.3) is 0 Å². The summed E-state index contributed by atoms with van der Waals surface area (Å²) in [5.74, 6) is 0.646. The Morgan fingerprint density at radius 2 is 2.44 bits per heavy atom. The highest BCUT2D eigenvalue weighted by atomic mass is 19.1. The number of tetrazole rings is 1. The minimum atomic E-state index is -0.425. The topological polar surface area (TPSA) is 43.6 Å². The second kappa shape index (κ2) is 2.52. The highest BCUT2D eigenvalue weighted by Gasteiger charge is 1.96. The molecule has 0 unspecified atom stereocenters. The summed E-state index contributed by atoms with van der Waals surface area (Å²) >= 11 is 0. The van der Waals surface area contributed by atoms with Crippen LogP contribution >= 0.6 is 0 Å². The number of aryl methyl sites for hydroxylation is 2. The van der Waals surface area contributed by atoms with Crippen molar-refractivity contribution in [1.82, 2.24) is 20.2 Å². The zero-order valence-electron chi connectivity index (χ0n) is 5.08. The Balaban J connectivity index is 2.69. The molecule has 1 heterocycles. The SMILES string of the molecule is Cc1nnnn1CCF. The number of nitrogens with zero attached hydrogens (tertiary/aromatic N) is 4. The van der Waals surface area contributed by atoms with E-state index < -0.39 is 6.67 Å². The van der Waals surface area contributed by atoms with Gasteiger partial charge in [-0.2, -0.15) is 0 Å². The molecule has 9 heavy (non-hydrogen) atoms. The zero-order chi connectivity index (χ0) is 6.69. The largest absolute Gasteiger partial charge is 0.249 e. The summed E-state index contributed by atoms with van der Waals surface area (Å²) in [6.07, 6.45) is 0. The van der Waals surface area contributed by atoms with Gasteiger partial charge in [0.2, 0.25) is 0 Å². The predicted octanol–water partition coefficient (Wildman–Crippen LogP) is -0.0490. The molecule has 1 aromatic heterocycles. The van der Waals surface area contributed by atoms with E-state index >= 15 is 0 Å². The van der Waals surface area contributed by atoms with E-state index in [1.165, 1.54) is 4.68 Å². The van der Waals surface area contributed by atoms with Gasteiger partial charge in [0, 0.05) is 0 Å². The van der Waals surface area contributed by atoms with E-state index in [1.807, 2.05) is 0 Å². The third kappa shape index (κ3) is 1.22. The Morgan fingerprint density at radius 3 is 2.89 bits per heavy atom. The molecule has 0 aliphatic carbocycles. The van der Waals surface area contributed by atoms with E-state index in [-0.39, 0.29) is 6.54 Å².